The molecule has 1 aromatic carbocycles. The molecule has 1 N–H and O–H groups in total. The summed E-state index contributed by atoms with van der Waals surface area (Å²) >= 11 is 0. The van der Waals surface area contributed by atoms with E-state index in [4.69, 9.17) is 0 Å². The number of amides is 1. The number of fused-ring (bicyclic) bond motifs is 1. The van der Waals surface area contributed by atoms with Gasteiger partial charge >= 0.3 is 0 Å². The lowest BCUT2D eigenvalue weighted by Gasteiger charge is -2.32. The van der Waals surface area contributed by atoms with Gasteiger partial charge in [-0.3, -0.25) is 4.79 Å². The van der Waals surface area contributed by atoms with Crippen LogP contribution < -0.4 is 10.2 Å². The highest BCUT2D eigenvalue weighted by atomic mass is 16.2. The predicted octanol–water partition coefficient (Wildman–Crippen LogP) is 2.95. The normalized spacial score (nSPS) is 19.8. The van der Waals surface area contributed by atoms with Gasteiger partial charge in [-0.2, -0.15) is 0 Å². The summed E-state index contributed by atoms with van der Waals surface area (Å²) in [6.45, 7) is 9.82. The number of carbonyl (C=O) groups excluding carboxylic acids is 1. The first-order valence-corrected chi connectivity index (χ1v) is 7.09. The maximum Gasteiger partial charge on any atom is 0.232 e. The molecule has 1 atom stereocenters. The summed E-state index contributed by atoms with van der Waals surface area (Å²) in [7, 11) is 0. The molecule has 0 spiro atoms. The quantitative estimate of drug-likeness (QED) is 0.886. The summed E-state index contributed by atoms with van der Waals surface area (Å²) in [5.41, 5.74) is 1.95. The number of hydrogen-bond donors (Lipinski definition) is 1. The van der Waals surface area contributed by atoms with Crippen LogP contribution in [0.3, 0.4) is 0 Å². The van der Waals surface area contributed by atoms with E-state index in [0.29, 0.717) is 6.04 Å². The summed E-state index contributed by atoms with van der Waals surface area (Å²) in [6, 6.07) is 8.50. The van der Waals surface area contributed by atoms with E-state index in [2.05, 4.69) is 31.3 Å². The van der Waals surface area contributed by atoms with Crippen molar-refractivity contribution in [2.75, 3.05) is 11.4 Å². The minimum Gasteiger partial charge on any atom is -0.310 e. The number of hydrogen-bond acceptors (Lipinski definition) is 2. The van der Waals surface area contributed by atoms with Crippen molar-refractivity contribution < 1.29 is 4.79 Å². The van der Waals surface area contributed by atoms with Crippen molar-refractivity contribution in [3.63, 3.8) is 0 Å². The van der Waals surface area contributed by atoms with E-state index < -0.39 is 0 Å². The Hall–Kier alpha value is -1.35. The zero-order valence-electron chi connectivity index (χ0n) is 12.4. The number of para-hydroxylation sites is 1. The van der Waals surface area contributed by atoms with E-state index in [1.54, 1.807) is 0 Å². The molecule has 0 fully saturated rings. The molecule has 0 saturated heterocycles. The van der Waals surface area contributed by atoms with Gasteiger partial charge in [-0.15, -0.1) is 0 Å². The van der Waals surface area contributed by atoms with Crippen LogP contribution in [0, 0.1) is 5.41 Å². The maximum atomic E-state index is 12.8. The minimum atomic E-state index is -0.308. The number of carbonyl (C=O) groups is 1. The second-order valence-electron chi connectivity index (χ2n) is 6.06. The van der Waals surface area contributed by atoms with Crippen molar-refractivity contribution in [3.8, 4) is 0 Å². The van der Waals surface area contributed by atoms with Gasteiger partial charge < -0.3 is 10.2 Å². The van der Waals surface area contributed by atoms with Gasteiger partial charge in [0.25, 0.3) is 0 Å². The second kappa shape index (κ2) is 5.33. The van der Waals surface area contributed by atoms with Crippen LogP contribution in [0.25, 0.3) is 0 Å². The molecule has 0 aliphatic carbocycles. The first-order chi connectivity index (χ1) is 8.95. The lowest BCUT2D eigenvalue weighted by Crippen LogP contribution is -2.45. The van der Waals surface area contributed by atoms with Gasteiger partial charge in [-0.05, 0) is 25.0 Å². The van der Waals surface area contributed by atoms with E-state index in [0.717, 1.165) is 25.2 Å². The summed E-state index contributed by atoms with van der Waals surface area (Å²) in [6.07, 6.45) is 0.853. The molecule has 1 heterocycles. The zero-order valence-corrected chi connectivity index (χ0v) is 12.4. The SMILES string of the molecule is CCC(C)(C)C(=O)N1CC(C)NCc2ccccc21. The molecule has 1 amide bonds. The van der Waals surface area contributed by atoms with Crippen LogP contribution in [-0.4, -0.2) is 18.5 Å². The van der Waals surface area contributed by atoms with Gasteiger partial charge in [0.1, 0.15) is 0 Å². The number of anilines is 1. The average Bonchev–Trinajstić information content (AvgIpc) is 2.58. The monoisotopic (exact) mass is 260 g/mol. The first-order valence-electron chi connectivity index (χ1n) is 7.09. The van der Waals surface area contributed by atoms with Gasteiger partial charge in [0.15, 0.2) is 0 Å². The number of nitrogens with one attached hydrogen (secondary N) is 1. The maximum absolute atomic E-state index is 12.8. The zero-order chi connectivity index (χ0) is 14.0. The Labute approximate surface area is 116 Å². The van der Waals surface area contributed by atoms with Crippen LogP contribution in [0.4, 0.5) is 5.69 Å². The Balaban J connectivity index is 2.40. The molecule has 1 aliphatic rings. The van der Waals surface area contributed by atoms with Gasteiger partial charge in [0.05, 0.1) is 0 Å². The molecule has 0 bridgehead atoms. The van der Waals surface area contributed by atoms with Crippen molar-refractivity contribution in [2.45, 2.75) is 46.7 Å². The molecule has 3 nitrogen and oxygen atoms in total. The Bertz CT molecular complexity index is 468. The van der Waals surface area contributed by atoms with E-state index in [-0.39, 0.29) is 11.3 Å². The summed E-state index contributed by atoms with van der Waals surface area (Å²) in [5, 5.41) is 3.46. The van der Waals surface area contributed by atoms with E-state index in [1.165, 1.54) is 5.56 Å². The fourth-order valence-corrected chi connectivity index (χ4v) is 2.35. The molecule has 1 aliphatic heterocycles. The molecule has 1 unspecified atom stereocenters. The lowest BCUT2D eigenvalue weighted by molar-refractivity contribution is -0.126. The van der Waals surface area contributed by atoms with Crippen molar-refractivity contribution in [1.29, 1.82) is 0 Å². The molecule has 0 saturated carbocycles. The summed E-state index contributed by atoms with van der Waals surface area (Å²) in [5.74, 6) is 0.220. The van der Waals surface area contributed by atoms with Gasteiger partial charge in [-0.1, -0.05) is 39.0 Å². The van der Waals surface area contributed by atoms with Gasteiger partial charge in [0, 0.05) is 30.2 Å². The lowest BCUT2D eigenvalue weighted by atomic mass is 9.88. The van der Waals surface area contributed by atoms with Gasteiger partial charge in [0.2, 0.25) is 5.91 Å². The third kappa shape index (κ3) is 2.81. The van der Waals surface area contributed by atoms with Crippen LogP contribution >= 0.6 is 0 Å². The number of benzene rings is 1. The molecule has 104 valence electrons. The molecule has 0 aromatic heterocycles. The standard InChI is InChI=1S/C16H24N2O/c1-5-16(3,4)15(19)18-11-12(2)17-10-13-8-6-7-9-14(13)18/h6-9,12,17H,5,10-11H2,1-4H3. The predicted molar refractivity (Wildman–Crippen MR) is 79.2 cm³/mol. The molecule has 2 rings (SSSR count). The van der Waals surface area contributed by atoms with Crippen LogP contribution in [0.15, 0.2) is 24.3 Å². The Morgan fingerprint density at radius 2 is 2.11 bits per heavy atom. The Morgan fingerprint density at radius 1 is 1.42 bits per heavy atom. The average molecular weight is 260 g/mol. The van der Waals surface area contributed by atoms with Crippen molar-refractivity contribution in [2.24, 2.45) is 5.41 Å². The van der Waals surface area contributed by atoms with Crippen LogP contribution in [0.5, 0.6) is 0 Å². The molecule has 0 radical (unpaired) electrons. The number of nitrogens with zero attached hydrogens (tertiary/aromatic N) is 1. The van der Waals surface area contributed by atoms with E-state index >= 15 is 0 Å². The molecular weight excluding hydrogens is 236 g/mol. The Kier molecular flexibility index (Phi) is 3.95. The van der Waals surface area contributed by atoms with E-state index in [1.807, 2.05) is 30.9 Å². The topological polar surface area (TPSA) is 32.3 Å². The third-order valence-corrected chi connectivity index (χ3v) is 4.09. The van der Waals surface area contributed by atoms with Crippen molar-refractivity contribution in [1.82, 2.24) is 5.32 Å². The summed E-state index contributed by atoms with van der Waals surface area (Å²) < 4.78 is 0. The highest BCUT2D eigenvalue weighted by Crippen LogP contribution is 2.30. The van der Waals surface area contributed by atoms with Crippen molar-refractivity contribution >= 4 is 11.6 Å². The molecular formula is C16H24N2O. The fraction of sp³-hybridized carbons (Fsp3) is 0.562. The smallest absolute Gasteiger partial charge is 0.232 e. The minimum absolute atomic E-state index is 0.220. The van der Waals surface area contributed by atoms with Crippen molar-refractivity contribution in [3.05, 3.63) is 29.8 Å². The molecule has 1 aromatic rings. The van der Waals surface area contributed by atoms with Crippen LogP contribution in [0.2, 0.25) is 0 Å². The summed E-state index contributed by atoms with van der Waals surface area (Å²) in [4.78, 5) is 14.8. The Morgan fingerprint density at radius 3 is 2.79 bits per heavy atom. The molecule has 19 heavy (non-hydrogen) atoms. The number of rotatable bonds is 2. The third-order valence-electron chi connectivity index (χ3n) is 4.09. The largest absolute Gasteiger partial charge is 0.310 e. The highest BCUT2D eigenvalue weighted by Gasteiger charge is 2.33. The van der Waals surface area contributed by atoms with Crippen LogP contribution in [0.1, 0.15) is 39.7 Å². The first kappa shape index (κ1) is 14.1. The fourth-order valence-electron chi connectivity index (χ4n) is 2.35. The highest BCUT2D eigenvalue weighted by molar-refractivity contribution is 5.98. The van der Waals surface area contributed by atoms with E-state index in [9.17, 15) is 4.79 Å². The van der Waals surface area contributed by atoms with Crippen LogP contribution in [-0.2, 0) is 11.3 Å². The second-order valence-corrected chi connectivity index (χ2v) is 6.06. The molecule has 3 heteroatoms. The van der Waals surface area contributed by atoms with Gasteiger partial charge in [-0.25, -0.2) is 0 Å².